The summed E-state index contributed by atoms with van der Waals surface area (Å²) in [4.78, 5) is 38.8. The maximum absolute atomic E-state index is 13.0. The van der Waals surface area contributed by atoms with E-state index in [0.717, 1.165) is 23.1 Å². The lowest BCUT2D eigenvalue weighted by molar-refractivity contribution is -0.192. The van der Waals surface area contributed by atoms with Crippen molar-refractivity contribution in [2.24, 2.45) is 5.73 Å². The number of carbonyl (C=O) groups excluding carboxylic acids is 2. The van der Waals surface area contributed by atoms with E-state index in [0.29, 0.717) is 23.5 Å². The Kier molecular flexibility index (Phi) is 9.49. The van der Waals surface area contributed by atoms with Gasteiger partial charge in [-0.1, -0.05) is 30.3 Å². The van der Waals surface area contributed by atoms with Crippen LogP contribution in [0.3, 0.4) is 0 Å². The van der Waals surface area contributed by atoms with Crippen LogP contribution >= 0.6 is 11.3 Å². The topological polar surface area (TPSA) is 122 Å². The van der Waals surface area contributed by atoms with Crippen molar-refractivity contribution in [3.05, 3.63) is 65.2 Å². The number of halogens is 3. The average molecular weight is 481 g/mol. The fourth-order valence-corrected chi connectivity index (χ4v) is 3.68. The van der Waals surface area contributed by atoms with E-state index in [1.54, 1.807) is 24.3 Å². The van der Waals surface area contributed by atoms with Crippen LogP contribution in [0.2, 0.25) is 0 Å². The molecular weight excluding hydrogens is 459 g/mol. The summed E-state index contributed by atoms with van der Waals surface area (Å²) in [5.41, 5.74) is 6.90. The van der Waals surface area contributed by atoms with Crippen LogP contribution in [-0.2, 0) is 4.79 Å². The number of rotatable bonds is 8. The summed E-state index contributed by atoms with van der Waals surface area (Å²) in [6.45, 7) is 0.564. The van der Waals surface area contributed by atoms with Gasteiger partial charge in [-0.25, -0.2) is 9.78 Å². The first kappa shape index (κ1) is 25.9. The minimum absolute atomic E-state index is 0.146. The van der Waals surface area contributed by atoms with Crippen molar-refractivity contribution in [1.82, 2.24) is 10.3 Å². The van der Waals surface area contributed by atoms with Gasteiger partial charge < -0.3 is 16.2 Å². The Morgan fingerprint density at radius 2 is 1.64 bits per heavy atom. The summed E-state index contributed by atoms with van der Waals surface area (Å²) in [6, 6.07) is 15.9. The highest BCUT2D eigenvalue weighted by atomic mass is 32.1. The highest BCUT2D eigenvalue weighted by Gasteiger charge is 2.38. The van der Waals surface area contributed by atoms with Crippen LogP contribution in [0.15, 0.2) is 54.6 Å². The lowest BCUT2D eigenvalue weighted by Gasteiger charge is -2.16. The Labute approximate surface area is 191 Å². The number of thiazole rings is 1. The third-order valence-corrected chi connectivity index (χ3v) is 5.40. The molecule has 4 N–H and O–H groups in total. The Balaban J connectivity index is 0.000000479. The third kappa shape index (κ3) is 7.95. The van der Waals surface area contributed by atoms with Crippen molar-refractivity contribution in [2.75, 3.05) is 6.54 Å². The van der Waals surface area contributed by atoms with E-state index >= 15 is 0 Å². The maximum Gasteiger partial charge on any atom is 0.490 e. The number of aromatic nitrogens is 1. The number of Topliss-reactive ketones (excluding diaryl/α,β-unsaturated/α-hetero) is 1. The summed E-state index contributed by atoms with van der Waals surface area (Å²) < 4.78 is 32.7. The second-order valence-electron chi connectivity index (χ2n) is 6.83. The SMILES string of the molecule is NCCCC[C@H](NC(=O)c1ccccc1)C(=O)c1nc2ccccc2s1.O=C(O)C(F)(F)F. The Morgan fingerprint density at radius 1 is 1.03 bits per heavy atom. The Hall–Kier alpha value is -3.31. The first-order valence-corrected chi connectivity index (χ1v) is 10.7. The molecule has 0 aliphatic carbocycles. The van der Waals surface area contributed by atoms with Gasteiger partial charge in [0.25, 0.3) is 5.91 Å². The molecule has 3 aromatic rings. The van der Waals surface area contributed by atoms with E-state index < -0.39 is 18.2 Å². The highest BCUT2D eigenvalue weighted by Crippen LogP contribution is 2.23. The zero-order valence-corrected chi connectivity index (χ0v) is 18.2. The minimum atomic E-state index is -5.08. The second kappa shape index (κ2) is 12.1. The molecule has 1 amide bonds. The smallest absolute Gasteiger partial charge is 0.475 e. The number of carboxylic acids is 1. The molecule has 0 aliphatic heterocycles. The predicted octanol–water partition coefficient (Wildman–Crippen LogP) is 4.04. The first-order valence-electron chi connectivity index (χ1n) is 9.89. The number of ketones is 1. The van der Waals surface area contributed by atoms with Crippen molar-refractivity contribution in [3.63, 3.8) is 0 Å². The van der Waals surface area contributed by atoms with Crippen LogP contribution in [0.4, 0.5) is 13.2 Å². The summed E-state index contributed by atoms with van der Waals surface area (Å²) in [5.74, 6) is -3.15. The number of fused-ring (bicyclic) bond motifs is 1. The third-order valence-electron chi connectivity index (χ3n) is 4.35. The molecule has 2 aromatic carbocycles. The molecule has 33 heavy (non-hydrogen) atoms. The van der Waals surface area contributed by atoms with Crippen molar-refractivity contribution in [1.29, 1.82) is 0 Å². The van der Waals surface area contributed by atoms with Gasteiger partial charge >= 0.3 is 12.1 Å². The van der Waals surface area contributed by atoms with Gasteiger partial charge in [0.2, 0.25) is 5.78 Å². The molecular formula is C22H22F3N3O4S. The maximum atomic E-state index is 13.0. The number of alkyl halides is 3. The zero-order chi connectivity index (χ0) is 24.4. The van der Waals surface area contributed by atoms with E-state index in [-0.39, 0.29) is 11.7 Å². The van der Waals surface area contributed by atoms with Gasteiger partial charge in [0, 0.05) is 5.56 Å². The summed E-state index contributed by atoms with van der Waals surface area (Å²) >= 11 is 1.36. The molecule has 0 aliphatic rings. The molecule has 0 unspecified atom stereocenters. The van der Waals surface area contributed by atoms with Gasteiger partial charge in [-0.15, -0.1) is 11.3 Å². The van der Waals surface area contributed by atoms with E-state index in [2.05, 4.69) is 10.3 Å². The lowest BCUT2D eigenvalue weighted by Crippen LogP contribution is -2.41. The van der Waals surface area contributed by atoms with E-state index in [4.69, 9.17) is 15.6 Å². The van der Waals surface area contributed by atoms with Crippen molar-refractivity contribution >= 4 is 39.2 Å². The number of nitrogens with two attached hydrogens (primary N) is 1. The second-order valence-corrected chi connectivity index (χ2v) is 7.86. The minimum Gasteiger partial charge on any atom is -0.475 e. The quantitative estimate of drug-likeness (QED) is 0.330. The van der Waals surface area contributed by atoms with E-state index in [1.807, 2.05) is 30.3 Å². The summed E-state index contributed by atoms with van der Waals surface area (Å²) in [5, 5.41) is 10.4. The number of hydrogen-bond donors (Lipinski definition) is 3. The van der Waals surface area contributed by atoms with Gasteiger partial charge in [0.05, 0.1) is 16.3 Å². The monoisotopic (exact) mass is 481 g/mol. The number of para-hydroxylation sites is 1. The summed E-state index contributed by atoms with van der Waals surface area (Å²) in [7, 11) is 0. The fourth-order valence-electron chi connectivity index (χ4n) is 2.72. The molecule has 1 heterocycles. The molecule has 1 atom stereocenters. The van der Waals surface area contributed by atoms with Gasteiger partial charge in [0.1, 0.15) is 0 Å². The van der Waals surface area contributed by atoms with Crippen LogP contribution in [0, 0.1) is 0 Å². The summed E-state index contributed by atoms with van der Waals surface area (Å²) in [6.07, 6.45) is -2.96. The van der Waals surface area contributed by atoms with Crippen molar-refractivity contribution < 1.29 is 32.7 Å². The van der Waals surface area contributed by atoms with Crippen molar-refractivity contribution in [3.8, 4) is 0 Å². The van der Waals surface area contributed by atoms with Crippen LogP contribution in [-0.4, -0.2) is 46.5 Å². The number of hydrogen-bond acceptors (Lipinski definition) is 6. The number of carbonyl (C=O) groups is 3. The van der Waals surface area contributed by atoms with Crippen LogP contribution in [0.1, 0.15) is 39.4 Å². The normalized spacial score (nSPS) is 11.9. The van der Waals surface area contributed by atoms with Crippen LogP contribution < -0.4 is 11.1 Å². The molecule has 0 saturated heterocycles. The van der Waals surface area contributed by atoms with Gasteiger partial charge in [-0.2, -0.15) is 13.2 Å². The van der Waals surface area contributed by atoms with Gasteiger partial charge in [-0.3, -0.25) is 9.59 Å². The molecule has 0 spiro atoms. The first-order chi connectivity index (χ1) is 15.6. The van der Waals surface area contributed by atoms with Crippen LogP contribution in [0.5, 0.6) is 0 Å². The molecule has 0 bridgehead atoms. The highest BCUT2D eigenvalue weighted by molar-refractivity contribution is 7.20. The van der Waals surface area contributed by atoms with Crippen molar-refractivity contribution in [2.45, 2.75) is 31.5 Å². The predicted molar refractivity (Wildman–Crippen MR) is 118 cm³/mol. The Bertz CT molecular complexity index is 1050. The molecule has 0 fully saturated rings. The molecule has 0 radical (unpaired) electrons. The number of amides is 1. The van der Waals surface area contributed by atoms with E-state index in [1.165, 1.54) is 11.3 Å². The standard InChI is InChI=1S/C20H21N3O2S.C2HF3O2/c21-13-7-6-11-16(22-19(25)14-8-2-1-3-9-14)18(24)20-23-15-10-4-5-12-17(15)26-20;3-2(4,5)1(6)7/h1-5,8-10,12,16H,6-7,11,13,21H2,(H,22,25);(H,6,7)/t16-;/m0./s1. The average Bonchev–Trinajstić information content (AvgIpc) is 3.22. The lowest BCUT2D eigenvalue weighted by atomic mass is 10.0. The molecule has 11 heteroatoms. The number of aliphatic carboxylic acids is 1. The largest absolute Gasteiger partial charge is 0.490 e. The molecule has 0 saturated carbocycles. The number of nitrogens with one attached hydrogen (secondary N) is 1. The number of benzene rings is 2. The molecule has 176 valence electrons. The molecule has 7 nitrogen and oxygen atoms in total. The fraction of sp³-hybridized carbons (Fsp3) is 0.273. The molecule has 3 rings (SSSR count). The van der Waals surface area contributed by atoms with Gasteiger partial charge in [-0.05, 0) is 50.1 Å². The molecule has 1 aromatic heterocycles. The Morgan fingerprint density at radius 3 is 2.21 bits per heavy atom. The number of unbranched alkanes of at least 4 members (excludes halogenated alkanes) is 1. The van der Waals surface area contributed by atoms with Gasteiger partial charge in [0.15, 0.2) is 5.01 Å². The number of nitrogens with zero attached hydrogens (tertiary/aromatic N) is 1. The zero-order valence-electron chi connectivity index (χ0n) is 17.3. The van der Waals surface area contributed by atoms with Crippen LogP contribution in [0.25, 0.3) is 10.2 Å². The van der Waals surface area contributed by atoms with E-state index in [9.17, 15) is 22.8 Å². The number of carboxylic acid groups (broad SMARTS) is 1.